The van der Waals surface area contributed by atoms with Crippen molar-refractivity contribution in [3.05, 3.63) is 211 Å². The molecule has 9 aromatic rings. The summed E-state index contributed by atoms with van der Waals surface area (Å²) in [7, 11) is 0. The van der Waals surface area contributed by atoms with E-state index in [1.54, 1.807) is 0 Å². The van der Waals surface area contributed by atoms with E-state index >= 15 is 0 Å². The quantitative estimate of drug-likeness (QED) is 0.166. The Bertz CT molecular complexity index is 2940. The predicted molar refractivity (Wildman–Crippen MR) is 237 cm³/mol. The van der Waals surface area contributed by atoms with Crippen LogP contribution in [0.1, 0.15) is 25.0 Å². The van der Waals surface area contributed by atoms with E-state index in [9.17, 15) is 0 Å². The number of fused-ring (bicyclic) bond motifs is 6. The topological polar surface area (TPSA) is 3.24 Å². The molecule has 0 radical (unpaired) electrons. The molecule has 0 spiro atoms. The molecule has 0 saturated carbocycles. The van der Waals surface area contributed by atoms with E-state index < -0.39 is 0 Å². The highest BCUT2D eigenvalue weighted by Gasteiger charge is 2.37. The third-order valence-corrected chi connectivity index (χ3v) is 12.2. The maximum atomic E-state index is 2.44. The van der Waals surface area contributed by atoms with Crippen LogP contribution in [0.15, 0.2) is 200 Å². The molecule has 0 amide bonds. The van der Waals surface area contributed by atoms with E-state index in [0.29, 0.717) is 0 Å². The molecule has 0 fully saturated rings. The highest BCUT2D eigenvalue weighted by molar-refractivity contribution is 6.18. The Morgan fingerprint density at radius 1 is 0.339 bits per heavy atom. The van der Waals surface area contributed by atoms with Gasteiger partial charge in [-0.25, -0.2) is 0 Å². The minimum atomic E-state index is -0.0887. The number of anilines is 3. The molecule has 0 heterocycles. The smallest absolute Gasteiger partial charge is 0.0543 e. The molecule has 2 aliphatic carbocycles. The van der Waals surface area contributed by atoms with E-state index in [1.165, 1.54) is 94.3 Å². The summed E-state index contributed by atoms with van der Waals surface area (Å²) in [6.07, 6.45) is 0. The van der Waals surface area contributed by atoms with E-state index in [2.05, 4.69) is 219 Å². The molecule has 1 nitrogen and oxygen atoms in total. The molecule has 56 heavy (non-hydrogen) atoms. The third kappa shape index (κ3) is 4.94. The summed E-state index contributed by atoms with van der Waals surface area (Å²) in [6.45, 7) is 4.71. The fraction of sp³-hybridized carbons (Fsp3) is 0.0545. The van der Waals surface area contributed by atoms with Crippen LogP contribution in [0.4, 0.5) is 17.1 Å². The first-order chi connectivity index (χ1) is 27.5. The van der Waals surface area contributed by atoms with Crippen LogP contribution in [0.3, 0.4) is 0 Å². The summed E-state index contributed by atoms with van der Waals surface area (Å²) >= 11 is 0. The summed E-state index contributed by atoms with van der Waals surface area (Å²) < 4.78 is 0. The van der Waals surface area contributed by atoms with Crippen LogP contribution in [-0.2, 0) is 5.41 Å². The molecular formula is C55H39N. The van der Waals surface area contributed by atoms with E-state index in [4.69, 9.17) is 0 Å². The second-order valence-electron chi connectivity index (χ2n) is 15.7. The van der Waals surface area contributed by atoms with Gasteiger partial charge in [-0.3, -0.25) is 0 Å². The Kier molecular flexibility index (Phi) is 7.28. The Balaban J connectivity index is 1.01. The minimum Gasteiger partial charge on any atom is -0.310 e. The Hall–Kier alpha value is -6.96. The van der Waals surface area contributed by atoms with Gasteiger partial charge in [0, 0.05) is 22.4 Å². The number of hydrogen-bond acceptors (Lipinski definition) is 1. The predicted octanol–water partition coefficient (Wildman–Crippen LogP) is 15.3. The molecule has 9 aromatic carbocycles. The van der Waals surface area contributed by atoms with Crippen LogP contribution in [0.2, 0.25) is 0 Å². The minimum absolute atomic E-state index is 0.0887. The number of hydrogen-bond donors (Lipinski definition) is 0. The maximum absolute atomic E-state index is 2.44. The van der Waals surface area contributed by atoms with Gasteiger partial charge in [0.15, 0.2) is 0 Å². The normalized spacial score (nSPS) is 13.0. The van der Waals surface area contributed by atoms with E-state index in [0.717, 1.165) is 11.4 Å². The van der Waals surface area contributed by atoms with Crippen molar-refractivity contribution in [1.82, 2.24) is 0 Å². The lowest BCUT2D eigenvalue weighted by Gasteiger charge is -2.29. The van der Waals surface area contributed by atoms with Crippen LogP contribution in [0.25, 0.3) is 77.5 Å². The molecular weight excluding hydrogens is 675 g/mol. The second kappa shape index (κ2) is 12.5. The molecule has 264 valence electrons. The van der Waals surface area contributed by atoms with E-state index in [1.807, 2.05) is 0 Å². The third-order valence-electron chi connectivity index (χ3n) is 12.2. The van der Waals surface area contributed by atoms with Crippen LogP contribution < -0.4 is 4.90 Å². The largest absolute Gasteiger partial charge is 0.310 e. The lowest BCUT2D eigenvalue weighted by atomic mass is 9.82. The van der Waals surface area contributed by atoms with Gasteiger partial charge in [0.05, 0.1) is 5.69 Å². The van der Waals surface area contributed by atoms with Gasteiger partial charge in [-0.1, -0.05) is 178 Å². The summed E-state index contributed by atoms with van der Waals surface area (Å²) in [5, 5.41) is 2.66. The van der Waals surface area contributed by atoms with Crippen molar-refractivity contribution in [2.24, 2.45) is 0 Å². The summed E-state index contributed by atoms with van der Waals surface area (Å²) in [6, 6.07) is 73.8. The van der Waals surface area contributed by atoms with Crippen molar-refractivity contribution >= 4 is 27.8 Å². The fourth-order valence-corrected chi connectivity index (χ4v) is 9.51. The number of benzene rings is 9. The van der Waals surface area contributed by atoms with Gasteiger partial charge in [0.25, 0.3) is 0 Å². The van der Waals surface area contributed by atoms with Crippen molar-refractivity contribution in [3.8, 4) is 66.8 Å². The first-order valence-corrected chi connectivity index (χ1v) is 19.6. The molecule has 0 N–H and O–H groups in total. The second-order valence-corrected chi connectivity index (χ2v) is 15.7. The SMILES string of the molecule is CC1(C)c2ccccc2-c2c(N(c3ccc(-c4ccccc4)cc3)c3ccc(-c4cccc(-c5ccc6c7c(cccc57)-c5ccccc5-6)c4)cc3)cccc21. The molecule has 11 rings (SSSR count). The zero-order valence-electron chi connectivity index (χ0n) is 31.5. The zero-order chi connectivity index (χ0) is 37.4. The van der Waals surface area contributed by atoms with Crippen LogP contribution >= 0.6 is 0 Å². The Morgan fingerprint density at radius 3 is 1.57 bits per heavy atom. The summed E-state index contributed by atoms with van der Waals surface area (Å²) in [5.41, 5.74) is 21.4. The summed E-state index contributed by atoms with van der Waals surface area (Å²) in [4.78, 5) is 2.44. The summed E-state index contributed by atoms with van der Waals surface area (Å²) in [5.74, 6) is 0. The monoisotopic (exact) mass is 713 g/mol. The van der Waals surface area contributed by atoms with Crippen LogP contribution in [0.5, 0.6) is 0 Å². The number of rotatable bonds is 6. The lowest BCUT2D eigenvalue weighted by molar-refractivity contribution is 0.660. The van der Waals surface area contributed by atoms with Gasteiger partial charge in [0.2, 0.25) is 0 Å². The highest BCUT2D eigenvalue weighted by Crippen LogP contribution is 2.54. The molecule has 0 aromatic heterocycles. The molecule has 2 aliphatic rings. The van der Waals surface area contributed by atoms with Crippen LogP contribution in [0, 0.1) is 0 Å². The van der Waals surface area contributed by atoms with Gasteiger partial charge in [0.1, 0.15) is 0 Å². The standard InChI is InChI=1S/C55H39N/c1-55(2)50-22-9-8-19-49(50)54-51(55)23-12-24-52(54)56(41-29-25-37(26-30-41)36-13-4-3-5-14-36)42-31-27-38(28-32-42)39-15-10-16-40(35-39)43-33-34-48-45-18-7-6-17-44(45)47-21-11-20-46(43)53(47)48/h3-35H,1-2H3. The first kappa shape index (κ1) is 32.5. The maximum Gasteiger partial charge on any atom is 0.0543 e. The lowest BCUT2D eigenvalue weighted by Crippen LogP contribution is -2.16. The molecule has 0 unspecified atom stereocenters. The highest BCUT2D eigenvalue weighted by atomic mass is 15.1. The van der Waals surface area contributed by atoms with Gasteiger partial charge in [-0.2, -0.15) is 0 Å². The average Bonchev–Trinajstić information content (AvgIpc) is 3.71. The average molecular weight is 714 g/mol. The Morgan fingerprint density at radius 2 is 0.839 bits per heavy atom. The Labute approximate surface area is 328 Å². The fourth-order valence-electron chi connectivity index (χ4n) is 9.51. The molecule has 1 heteroatoms. The van der Waals surface area contributed by atoms with Crippen molar-refractivity contribution < 1.29 is 0 Å². The van der Waals surface area contributed by atoms with Gasteiger partial charge < -0.3 is 4.90 Å². The molecule has 0 atom stereocenters. The number of nitrogens with zero attached hydrogens (tertiary/aromatic N) is 1. The van der Waals surface area contributed by atoms with Crippen molar-refractivity contribution in [1.29, 1.82) is 0 Å². The molecule has 0 bridgehead atoms. The van der Waals surface area contributed by atoms with E-state index in [-0.39, 0.29) is 5.41 Å². The molecule has 0 aliphatic heterocycles. The van der Waals surface area contributed by atoms with Gasteiger partial charge in [-0.05, 0) is 119 Å². The van der Waals surface area contributed by atoms with Crippen LogP contribution in [-0.4, -0.2) is 0 Å². The van der Waals surface area contributed by atoms with Crippen molar-refractivity contribution in [2.45, 2.75) is 19.3 Å². The molecule has 0 saturated heterocycles. The van der Waals surface area contributed by atoms with Gasteiger partial charge in [-0.15, -0.1) is 0 Å². The zero-order valence-corrected chi connectivity index (χ0v) is 31.5. The first-order valence-electron chi connectivity index (χ1n) is 19.6. The van der Waals surface area contributed by atoms with Gasteiger partial charge >= 0.3 is 0 Å². The van der Waals surface area contributed by atoms with Crippen molar-refractivity contribution in [2.75, 3.05) is 4.90 Å². The van der Waals surface area contributed by atoms with Crippen molar-refractivity contribution in [3.63, 3.8) is 0 Å².